The van der Waals surface area contributed by atoms with E-state index < -0.39 is 0 Å². The molecule has 0 spiro atoms. The zero-order valence-corrected chi connectivity index (χ0v) is 8.45. The molecule has 0 unspecified atom stereocenters. The molecule has 0 saturated heterocycles. The summed E-state index contributed by atoms with van der Waals surface area (Å²) < 4.78 is 12.4. The van der Waals surface area contributed by atoms with Gasteiger partial charge in [-0.15, -0.1) is 0 Å². The van der Waals surface area contributed by atoms with E-state index in [1.165, 1.54) is 12.5 Å². The van der Waals surface area contributed by atoms with Crippen molar-refractivity contribution in [2.75, 3.05) is 0 Å². The molecule has 0 amide bonds. The molecule has 0 atom stereocenters. The zero-order valence-electron chi connectivity index (χ0n) is 7.70. The molecule has 2 heteroatoms. The Morgan fingerprint density at radius 3 is 2.17 bits per heavy atom. The monoisotopic (exact) mass is 188 g/mol. The van der Waals surface area contributed by atoms with E-state index in [9.17, 15) is 4.39 Å². The van der Waals surface area contributed by atoms with Crippen molar-refractivity contribution in [3.05, 3.63) is 34.6 Å². The van der Waals surface area contributed by atoms with Crippen molar-refractivity contribution in [3.8, 4) is 0 Å². The first-order valence-corrected chi connectivity index (χ1v) is 4.41. The Labute approximate surface area is 78.4 Å². The zero-order chi connectivity index (χ0) is 9.56. The highest BCUT2D eigenvalue weighted by atomic mass is 35.5. The molecule has 1 rings (SSSR count). The fraction of sp³-hybridized carbons (Fsp3) is 0.400. The molecule has 0 radical (unpaired) electrons. The van der Waals surface area contributed by atoms with Crippen molar-refractivity contribution in [1.82, 2.24) is 0 Å². The van der Waals surface area contributed by atoms with Crippen LogP contribution in [-0.2, 0) is 0 Å². The van der Waals surface area contributed by atoms with Crippen molar-refractivity contribution in [2.45, 2.75) is 27.2 Å². The van der Waals surface area contributed by atoms with Crippen molar-refractivity contribution in [2.24, 2.45) is 0 Å². The molecule has 0 nitrogen and oxygen atoms in total. The molecule has 0 fully saturated rings. The van der Waals surface area contributed by atoms with Gasteiger partial charge in [-0.3, -0.25) is 0 Å². The SMILES string of the molecule is CCC.Cc1ccc(F)c(Cl)c1. The number of aryl methyl sites for hydroxylation is 1. The third-order valence-corrected chi connectivity index (χ3v) is 1.36. The lowest BCUT2D eigenvalue weighted by molar-refractivity contribution is 0.628. The molecular weight excluding hydrogens is 175 g/mol. The van der Waals surface area contributed by atoms with Crippen molar-refractivity contribution in [1.29, 1.82) is 0 Å². The first-order chi connectivity index (χ1) is 5.61. The molecule has 0 N–H and O–H groups in total. The maximum Gasteiger partial charge on any atom is 0.141 e. The number of rotatable bonds is 0. The van der Waals surface area contributed by atoms with Crippen LogP contribution in [0.5, 0.6) is 0 Å². The summed E-state index contributed by atoms with van der Waals surface area (Å²) in [5, 5.41) is 0.190. The summed E-state index contributed by atoms with van der Waals surface area (Å²) in [6.07, 6.45) is 1.25. The largest absolute Gasteiger partial charge is 0.205 e. The fourth-order valence-corrected chi connectivity index (χ4v) is 0.836. The minimum atomic E-state index is -0.359. The molecule has 12 heavy (non-hydrogen) atoms. The van der Waals surface area contributed by atoms with Gasteiger partial charge in [0.25, 0.3) is 0 Å². The van der Waals surface area contributed by atoms with E-state index >= 15 is 0 Å². The van der Waals surface area contributed by atoms with E-state index in [4.69, 9.17) is 11.6 Å². The second kappa shape index (κ2) is 6.01. The molecule has 1 aromatic carbocycles. The summed E-state index contributed by atoms with van der Waals surface area (Å²) in [5.74, 6) is -0.359. The first-order valence-electron chi connectivity index (χ1n) is 4.03. The smallest absolute Gasteiger partial charge is 0.141 e. The summed E-state index contributed by atoms with van der Waals surface area (Å²) in [4.78, 5) is 0. The van der Waals surface area contributed by atoms with E-state index in [0.717, 1.165) is 5.56 Å². The minimum Gasteiger partial charge on any atom is -0.205 e. The summed E-state index contributed by atoms with van der Waals surface area (Å²) in [5.41, 5.74) is 0.974. The van der Waals surface area contributed by atoms with Gasteiger partial charge in [-0.2, -0.15) is 0 Å². The number of hydrogen-bond donors (Lipinski definition) is 0. The van der Waals surface area contributed by atoms with Crippen LogP contribution in [0.2, 0.25) is 5.02 Å². The van der Waals surface area contributed by atoms with Crippen molar-refractivity contribution >= 4 is 11.6 Å². The molecule has 1 aromatic rings. The van der Waals surface area contributed by atoms with Crippen LogP contribution in [0.1, 0.15) is 25.8 Å². The van der Waals surface area contributed by atoms with Crippen LogP contribution in [0.3, 0.4) is 0 Å². The van der Waals surface area contributed by atoms with Gasteiger partial charge in [0.15, 0.2) is 0 Å². The van der Waals surface area contributed by atoms with Gasteiger partial charge >= 0.3 is 0 Å². The average molecular weight is 189 g/mol. The topological polar surface area (TPSA) is 0 Å². The highest BCUT2D eigenvalue weighted by Crippen LogP contribution is 2.14. The molecule has 68 valence electrons. The van der Waals surface area contributed by atoms with Gasteiger partial charge in [-0.25, -0.2) is 4.39 Å². The van der Waals surface area contributed by atoms with Crippen LogP contribution in [0.15, 0.2) is 18.2 Å². The first kappa shape index (κ1) is 11.4. The third-order valence-electron chi connectivity index (χ3n) is 1.08. The van der Waals surface area contributed by atoms with E-state index in [-0.39, 0.29) is 10.8 Å². The minimum absolute atomic E-state index is 0.190. The van der Waals surface area contributed by atoms with Crippen LogP contribution >= 0.6 is 11.6 Å². The van der Waals surface area contributed by atoms with Gasteiger partial charge in [0, 0.05) is 0 Å². The Morgan fingerprint density at radius 1 is 1.33 bits per heavy atom. The second-order valence-electron chi connectivity index (χ2n) is 2.62. The van der Waals surface area contributed by atoms with Crippen molar-refractivity contribution in [3.63, 3.8) is 0 Å². The number of benzene rings is 1. The van der Waals surface area contributed by atoms with Crippen molar-refractivity contribution < 1.29 is 4.39 Å². The van der Waals surface area contributed by atoms with Gasteiger partial charge in [-0.05, 0) is 24.6 Å². The van der Waals surface area contributed by atoms with Crippen LogP contribution in [0.4, 0.5) is 4.39 Å². The number of halogens is 2. The van der Waals surface area contributed by atoms with Crippen LogP contribution in [0.25, 0.3) is 0 Å². The van der Waals surface area contributed by atoms with Gasteiger partial charge in [0.2, 0.25) is 0 Å². The summed E-state index contributed by atoms with van der Waals surface area (Å²) in [7, 11) is 0. The van der Waals surface area contributed by atoms with E-state index in [1.807, 2.05) is 6.92 Å². The van der Waals surface area contributed by atoms with E-state index in [0.29, 0.717) is 0 Å². The highest BCUT2D eigenvalue weighted by molar-refractivity contribution is 6.30. The molecule has 0 aliphatic carbocycles. The molecule has 0 saturated carbocycles. The molecule has 0 aromatic heterocycles. The maximum atomic E-state index is 12.4. The van der Waals surface area contributed by atoms with Crippen LogP contribution in [-0.4, -0.2) is 0 Å². The lowest BCUT2D eigenvalue weighted by Crippen LogP contribution is -1.76. The Kier molecular flexibility index (Phi) is 5.73. The van der Waals surface area contributed by atoms with Gasteiger partial charge in [0.05, 0.1) is 5.02 Å². The van der Waals surface area contributed by atoms with Crippen LogP contribution < -0.4 is 0 Å². The lowest BCUT2D eigenvalue weighted by atomic mass is 10.2. The van der Waals surface area contributed by atoms with Gasteiger partial charge < -0.3 is 0 Å². The third kappa shape index (κ3) is 4.35. The maximum absolute atomic E-state index is 12.4. The van der Waals surface area contributed by atoms with E-state index in [2.05, 4.69) is 13.8 Å². The highest BCUT2D eigenvalue weighted by Gasteiger charge is 1.95. The normalized spacial score (nSPS) is 8.75. The Hall–Kier alpha value is -0.560. The lowest BCUT2D eigenvalue weighted by Gasteiger charge is -1.93. The van der Waals surface area contributed by atoms with Gasteiger partial charge in [-0.1, -0.05) is 37.9 Å². The second-order valence-corrected chi connectivity index (χ2v) is 3.03. The Morgan fingerprint density at radius 2 is 1.83 bits per heavy atom. The summed E-state index contributed by atoms with van der Waals surface area (Å²) >= 11 is 5.44. The predicted octanol–water partition coefficient (Wildman–Crippen LogP) is 4.20. The Bertz CT molecular complexity index is 233. The summed E-state index contributed by atoms with van der Waals surface area (Å²) in [6, 6.07) is 4.63. The molecule has 0 aliphatic heterocycles. The molecular formula is C10H14ClF. The molecule has 0 bridgehead atoms. The van der Waals surface area contributed by atoms with Crippen LogP contribution in [0, 0.1) is 12.7 Å². The molecule has 0 heterocycles. The Balaban J connectivity index is 0.000000354. The summed E-state index contributed by atoms with van der Waals surface area (Å²) in [6.45, 7) is 6.12. The quantitative estimate of drug-likeness (QED) is 0.573. The number of hydrogen-bond acceptors (Lipinski definition) is 0. The standard InChI is InChI=1S/C7H6ClF.C3H8/c1-5-2-3-7(9)6(8)4-5;1-3-2/h2-4H,1H3;3H2,1-2H3. The van der Waals surface area contributed by atoms with E-state index in [1.54, 1.807) is 12.1 Å². The predicted molar refractivity (Wildman–Crippen MR) is 52.1 cm³/mol. The fourth-order valence-electron chi connectivity index (χ4n) is 0.601. The average Bonchev–Trinajstić information content (AvgIpc) is 1.99. The molecule has 0 aliphatic rings. The van der Waals surface area contributed by atoms with Gasteiger partial charge in [0.1, 0.15) is 5.82 Å².